The Labute approximate surface area is 191 Å². The first kappa shape index (κ1) is 25.9. The van der Waals surface area contributed by atoms with E-state index in [1.54, 1.807) is 44.2 Å². The third kappa shape index (κ3) is 7.06. The summed E-state index contributed by atoms with van der Waals surface area (Å²) in [6.45, 7) is 9.43. The molecule has 0 saturated heterocycles. The minimum absolute atomic E-state index is 0.130. The van der Waals surface area contributed by atoms with E-state index in [1.807, 2.05) is 6.92 Å². The van der Waals surface area contributed by atoms with E-state index < -0.39 is 11.9 Å². The number of nitrogens with two attached hydrogens (primary N) is 1. The number of carbonyl (C=O) groups excluding carboxylic acids is 1. The largest absolute Gasteiger partial charge is 0.433 e. The van der Waals surface area contributed by atoms with E-state index in [2.05, 4.69) is 22.0 Å². The highest BCUT2D eigenvalue weighted by Gasteiger charge is 2.35. The average Bonchev–Trinajstić information content (AvgIpc) is 3.19. The Morgan fingerprint density at radius 2 is 1.97 bits per heavy atom. The topological polar surface area (TPSA) is 85.3 Å². The zero-order valence-corrected chi connectivity index (χ0v) is 19.1. The normalized spacial score (nSPS) is 14.0. The molecule has 0 radical (unpaired) electrons. The molecule has 0 fully saturated rings. The van der Waals surface area contributed by atoms with Crippen LogP contribution in [0.4, 0.5) is 13.2 Å². The summed E-state index contributed by atoms with van der Waals surface area (Å²) in [5.74, 6) is -0.579. The van der Waals surface area contributed by atoms with Gasteiger partial charge in [0, 0.05) is 36.5 Å². The van der Waals surface area contributed by atoms with Crippen molar-refractivity contribution in [1.29, 1.82) is 0 Å². The van der Waals surface area contributed by atoms with Crippen LogP contribution in [0.2, 0.25) is 0 Å². The number of allylic oxidation sites excluding steroid dienone is 5. The molecule has 1 amide bonds. The zero-order chi connectivity index (χ0) is 24.6. The number of amides is 1. The van der Waals surface area contributed by atoms with Gasteiger partial charge in [-0.05, 0) is 36.5 Å². The SMILES string of the molecule is C=C\C=C/C(/C=C/C(=O)NCC[C@@H](CC)c1cc2nc(C(C)C)cc(C(F)(F)F)n2n1)=C\N. The Bertz CT molecular complexity index is 1060. The van der Waals surface area contributed by atoms with E-state index in [0.717, 1.165) is 10.6 Å². The molecule has 0 aliphatic heterocycles. The van der Waals surface area contributed by atoms with Crippen LogP contribution in [-0.4, -0.2) is 27.0 Å². The van der Waals surface area contributed by atoms with E-state index in [0.29, 0.717) is 36.3 Å². The fraction of sp³-hybridized carbons (Fsp3) is 0.375. The molecule has 2 aromatic heterocycles. The first-order valence-corrected chi connectivity index (χ1v) is 10.7. The molecule has 0 aromatic carbocycles. The van der Waals surface area contributed by atoms with Gasteiger partial charge in [-0.2, -0.15) is 18.3 Å². The maximum absolute atomic E-state index is 13.6. The molecule has 0 spiro atoms. The first-order valence-electron chi connectivity index (χ1n) is 10.7. The molecule has 0 aliphatic carbocycles. The van der Waals surface area contributed by atoms with Crippen molar-refractivity contribution in [3.05, 3.63) is 77.9 Å². The minimum atomic E-state index is -4.55. The lowest BCUT2D eigenvalue weighted by molar-refractivity contribution is -0.142. The number of nitrogens with one attached hydrogen (secondary N) is 1. The summed E-state index contributed by atoms with van der Waals surface area (Å²) in [6.07, 6.45) is 5.94. The lowest BCUT2D eigenvalue weighted by Crippen LogP contribution is -2.23. The number of nitrogens with zero attached hydrogens (tertiary/aromatic N) is 3. The summed E-state index contributed by atoms with van der Waals surface area (Å²) in [7, 11) is 0. The third-order valence-corrected chi connectivity index (χ3v) is 5.10. The van der Waals surface area contributed by atoms with Crippen LogP contribution in [0.1, 0.15) is 62.5 Å². The molecule has 0 aliphatic rings. The molecule has 9 heteroatoms. The monoisotopic (exact) mass is 461 g/mol. The molecule has 2 rings (SSSR count). The molecule has 178 valence electrons. The Hall–Kier alpha value is -3.36. The van der Waals surface area contributed by atoms with Crippen LogP contribution >= 0.6 is 0 Å². The van der Waals surface area contributed by atoms with Gasteiger partial charge in [0.05, 0.1) is 5.69 Å². The lowest BCUT2D eigenvalue weighted by Gasteiger charge is -2.13. The van der Waals surface area contributed by atoms with Crippen LogP contribution in [0, 0.1) is 0 Å². The molecule has 2 heterocycles. The summed E-state index contributed by atoms with van der Waals surface area (Å²) in [4.78, 5) is 16.4. The van der Waals surface area contributed by atoms with Crippen LogP contribution in [0.5, 0.6) is 0 Å². The van der Waals surface area contributed by atoms with Crippen molar-refractivity contribution in [1.82, 2.24) is 19.9 Å². The molecule has 3 N–H and O–H groups in total. The van der Waals surface area contributed by atoms with E-state index in [-0.39, 0.29) is 23.4 Å². The Morgan fingerprint density at radius 1 is 1.24 bits per heavy atom. The summed E-state index contributed by atoms with van der Waals surface area (Å²) in [5.41, 5.74) is 6.36. The Kier molecular flexibility index (Phi) is 9.02. The highest BCUT2D eigenvalue weighted by atomic mass is 19.4. The summed E-state index contributed by atoms with van der Waals surface area (Å²) in [6, 6.07) is 2.65. The van der Waals surface area contributed by atoms with Gasteiger partial charge in [-0.25, -0.2) is 9.50 Å². The van der Waals surface area contributed by atoms with E-state index >= 15 is 0 Å². The summed E-state index contributed by atoms with van der Waals surface area (Å²) >= 11 is 0. The average molecular weight is 462 g/mol. The molecule has 1 atom stereocenters. The standard InChI is InChI=1S/C24H30F3N5O/c1-5-7-8-17(15-28)9-10-23(33)29-12-11-18(6-2)20-14-22-30-19(16(3)4)13-21(24(25,26)27)32(22)31-20/h5,7-10,13-16,18H,1,6,11-12,28H2,2-4H3,(H,29,33)/b8-7-,10-9+,17-15+/t18-/m1/s1. The number of hydrogen-bond acceptors (Lipinski definition) is 4. The van der Waals surface area contributed by atoms with Crippen molar-refractivity contribution in [2.75, 3.05) is 6.54 Å². The maximum atomic E-state index is 13.6. The van der Waals surface area contributed by atoms with Gasteiger partial charge in [0.1, 0.15) is 5.69 Å². The van der Waals surface area contributed by atoms with Gasteiger partial charge in [-0.3, -0.25) is 4.79 Å². The van der Waals surface area contributed by atoms with E-state index in [1.165, 1.54) is 12.3 Å². The molecule has 6 nitrogen and oxygen atoms in total. The number of aromatic nitrogens is 3. The van der Waals surface area contributed by atoms with Gasteiger partial charge in [-0.15, -0.1) is 0 Å². The van der Waals surface area contributed by atoms with Gasteiger partial charge in [0.2, 0.25) is 5.91 Å². The van der Waals surface area contributed by atoms with Crippen molar-refractivity contribution in [2.45, 2.75) is 51.6 Å². The number of fused-ring (bicyclic) bond motifs is 1. The van der Waals surface area contributed by atoms with Crippen LogP contribution in [0.15, 0.2) is 60.9 Å². The van der Waals surface area contributed by atoms with Crippen molar-refractivity contribution in [3.8, 4) is 0 Å². The van der Waals surface area contributed by atoms with Crippen LogP contribution in [-0.2, 0) is 11.0 Å². The highest BCUT2D eigenvalue weighted by Crippen LogP contribution is 2.32. The summed E-state index contributed by atoms with van der Waals surface area (Å²) in [5, 5.41) is 7.00. The van der Waals surface area contributed by atoms with Crippen molar-refractivity contribution >= 4 is 11.6 Å². The number of hydrogen-bond donors (Lipinski definition) is 2. The molecule has 2 aromatic rings. The molecular formula is C24H30F3N5O. The molecule has 0 saturated carbocycles. The molecule has 0 unspecified atom stereocenters. The molecule has 33 heavy (non-hydrogen) atoms. The second kappa shape index (κ2) is 11.5. The van der Waals surface area contributed by atoms with Crippen molar-refractivity contribution in [3.63, 3.8) is 0 Å². The fourth-order valence-electron chi connectivity index (χ4n) is 3.22. The number of halogens is 3. The quantitative estimate of drug-likeness (QED) is 0.385. The van der Waals surface area contributed by atoms with Gasteiger partial charge >= 0.3 is 6.18 Å². The second-order valence-electron chi connectivity index (χ2n) is 7.84. The van der Waals surface area contributed by atoms with Gasteiger partial charge in [0.15, 0.2) is 5.65 Å². The van der Waals surface area contributed by atoms with Gasteiger partial charge < -0.3 is 11.1 Å². The third-order valence-electron chi connectivity index (χ3n) is 5.10. The molecular weight excluding hydrogens is 431 g/mol. The van der Waals surface area contributed by atoms with Gasteiger partial charge in [-0.1, -0.05) is 45.6 Å². The Morgan fingerprint density at radius 3 is 2.55 bits per heavy atom. The predicted molar refractivity (Wildman–Crippen MR) is 123 cm³/mol. The van der Waals surface area contributed by atoms with Crippen LogP contribution in [0.25, 0.3) is 5.65 Å². The smallest absolute Gasteiger partial charge is 0.404 e. The van der Waals surface area contributed by atoms with Gasteiger partial charge in [0.25, 0.3) is 0 Å². The fourth-order valence-corrected chi connectivity index (χ4v) is 3.22. The lowest BCUT2D eigenvalue weighted by atomic mass is 9.98. The maximum Gasteiger partial charge on any atom is 0.433 e. The highest BCUT2D eigenvalue weighted by molar-refractivity contribution is 5.88. The zero-order valence-electron chi connectivity index (χ0n) is 19.1. The van der Waals surface area contributed by atoms with Crippen LogP contribution < -0.4 is 11.1 Å². The first-order chi connectivity index (χ1) is 15.6. The van der Waals surface area contributed by atoms with E-state index in [9.17, 15) is 18.0 Å². The molecule has 0 bridgehead atoms. The second-order valence-corrected chi connectivity index (χ2v) is 7.84. The van der Waals surface area contributed by atoms with E-state index in [4.69, 9.17) is 5.73 Å². The van der Waals surface area contributed by atoms with Crippen LogP contribution in [0.3, 0.4) is 0 Å². The van der Waals surface area contributed by atoms with Crippen molar-refractivity contribution in [2.24, 2.45) is 5.73 Å². The summed E-state index contributed by atoms with van der Waals surface area (Å²) < 4.78 is 41.7. The van der Waals surface area contributed by atoms with Crippen molar-refractivity contribution < 1.29 is 18.0 Å². The minimum Gasteiger partial charge on any atom is -0.404 e. The number of alkyl halides is 3. The predicted octanol–water partition coefficient (Wildman–Crippen LogP) is 5.01. The Balaban J connectivity index is 2.14. The number of rotatable bonds is 10. The number of carbonyl (C=O) groups is 1.